The van der Waals surface area contributed by atoms with Crippen LogP contribution >= 0.6 is 0 Å². The van der Waals surface area contributed by atoms with Crippen molar-refractivity contribution in [3.8, 4) is 0 Å². The van der Waals surface area contributed by atoms with Crippen LogP contribution in [0.5, 0.6) is 0 Å². The summed E-state index contributed by atoms with van der Waals surface area (Å²) in [6.07, 6.45) is 0. The number of amides is 1. The zero-order valence-electron chi connectivity index (χ0n) is 8.92. The van der Waals surface area contributed by atoms with Crippen molar-refractivity contribution in [2.24, 2.45) is 5.84 Å². The second-order valence-corrected chi connectivity index (χ2v) is 3.27. The summed E-state index contributed by atoms with van der Waals surface area (Å²) in [6.45, 7) is 0. The Bertz CT molecular complexity index is 497. The molecule has 0 aliphatic rings. The highest BCUT2D eigenvalue weighted by Crippen LogP contribution is 2.07. The molecule has 0 saturated carbocycles. The highest BCUT2D eigenvalue weighted by atomic mass is 16.1. The molecular weight excluding hydrogens is 218 g/mol. The van der Waals surface area contributed by atoms with Gasteiger partial charge in [0.1, 0.15) is 0 Å². The van der Waals surface area contributed by atoms with Gasteiger partial charge in [0.2, 0.25) is 0 Å². The third-order valence-corrected chi connectivity index (χ3v) is 2.08. The summed E-state index contributed by atoms with van der Waals surface area (Å²) in [7, 11) is 0. The fourth-order valence-corrected chi connectivity index (χ4v) is 1.25. The zero-order chi connectivity index (χ0) is 12.1. The van der Waals surface area contributed by atoms with Crippen molar-refractivity contribution in [2.75, 3.05) is 10.7 Å². The second kappa shape index (κ2) is 5.04. The van der Waals surface area contributed by atoms with Gasteiger partial charge in [-0.1, -0.05) is 18.2 Å². The Hall–Kier alpha value is -2.47. The first kappa shape index (κ1) is 11.0. The van der Waals surface area contributed by atoms with E-state index < -0.39 is 0 Å². The molecule has 1 aromatic heterocycles. The van der Waals surface area contributed by atoms with Crippen LogP contribution in [0.15, 0.2) is 42.5 Å². The van der Waals surface area contributed by atoms with Crippen LogP contribution in [-0.4, -0.2) is 16.1 Å². The minimum Gasteiger partial charge on any atom is -0.321 e. The first-order valence-electron chi connectivity index (χ1n) is 4.96. The van der Waals surface area contributed by atoms with Gasteiger partial charge in [0, 0.05) is 5.69 Å². The van der Waals surface area contributed by atoms with Gasteiger partial charge in [-0.3, -0.25) is 4.79 Å². The van der Waals surface area contributed by atoms with Crippen molar-refractivity contribution >= 4 is 17.4 Å². The number of benzene rings is 1. The largest absolute Gasteiger partial charge is 0.321 e. The predicted molar refractivity (Wildman–Crippen MR) is 64.2 cm³/mol. The normalized spacial score (nSPS) is 9.71. The summed E-state index contributed by atoms with van der Waals surface area (Å²) in [6, 6.07) is 12.2. The number of hydrogen-bond acceptors (Lipinski definition) is 5. The lowest BCUT2D eigenvalue weighted by Gasteiger charge is -2.04. The molecule has 0 bridgehead atoms. The van der Waals surface area contributed by atoms with Crippen molar-refractivity contribution < 1.29 is 4.79 Å². The molecule has 2 rings (SSSR count). The summed E-state index contributed by atoms with van der Waals surface area (Å²) in [5.74, 6) is 5.24. The van der Waals surface area contributed by atoms with Gasteiger partial charge in [0.15, 0.2) is 11.5 Å². The third-order valence-electron chi connectivity index (χ3n) is 2.08. The highest BCUT2D eigenvalue weighted by molar-refractivity contribution is 6.02. The molecule has 86 valence electrons. The Morgan fingerprint density at radius 1 is 1.06 bits per heavy atom. The Kier molecular flexibility index (Phi) is 3.27. The van der Waals surface area contributed by atoms with Crippen LogP contribution in [0.3, 0.4) is 0 Å². The molecule has 0 spiro atoms. The van der Waals surface area contributed by atoms with Crippen molar-refractivity contribution in [1.29, 1.82) is 0 Å². The Labute approximate surface area is 97.8 Å². The van der Waals surface area contributed by atoms with Gasteiger partial charge in [-0.2, -0.15) is 0 Å². The number of carbonyl (C=O) groups is 1. The molecule has 2 aromatic rings. The topological polar surface area (TPSA) is 92.9 Å². The van der Waals surface area contributed by atoms with Gasteiger partial charge in [-0.05, 0) is 24.3 Å². The molecule has 6 heteroatoms. The number of aromatic nitrogens is 2. The van der Waals surface area contributed by atoms with Crippen molar-refractivity contribution in [3.63, 3.8) is 0 Å². The fourth-order valence-electron chi connectivity index (χ4n) is 1.25. The average Bonchev–Trinajstić information content (AvgIpc) is 2.40. The van der Waals surface area contributed by atoms with E-state index in [0.29, 0.717) is 11.5 Å². The number of hydrogen-bond donors (Lipinski definition) is 3. The molecule has 6 nitrogen and oxygen atoms in total. The van der Waals surface area contributed by atoms with Crippen LogP contribution < -0.4 is 16.6 Å². The minimum absolute atomic E-state index is 0.229. The molecule has 0 aliphatic carbocycles. The summed E-state index contributed by atoms with van der Waals surface area (Å²) in [5, 5.41) is 10.2. The molecule has 0 atom stereocenters. The number of anilines is 2. The minimum atomic E-state index is -0.313. The molecule has 1 heterocycles. The maximum absolute atomic E-state index is 11.7. The van der Waals surface area contributed by atoms with E-state index in [4.69, 9.17) is 5.84 Å². The Balaban J connectivity index is 2.09. The van der Waals surface area contributed by atoms with Gasteiger partial charge in [0.25, 0.3) is 5.91 Å². The van der Waals surface area contributed by atoms with E-state index in [1.165, 1.54) is 0 Å². The molecule has 0 aliphatic heterocycles. The quantitative estimate of drug-likeness (QED) is 0.539. The molecule has 0 saturated heterocycles. The molecule has 17 heavy (non-hydrogen) atoms. The molecule has 0 unspecified atom stereocenters. The van der Waals surface area contributed by atoms with Crippen molar-refractivity contribution in [1.82, 2.24) is 10.2 Å². The number of nitrogen functional groups attached to an aromatic ring is 1. The molecule has 0 fully saturated rings. The smallest absolute Gasteiger partial charge is 0.276 e. The van der Waals surface area contributed by atoms with E-state index in [-0.39, 0.29) is 11.6 Å². The van der Waals surface area contributed by atoms with E-state index in [9.17, 15) is 4.79 Å². The standard InChI is InChI=1S/C11H11N5O/c12-14-10-7-6-9(15-16-10)11(17)13-8-4-2-1-3-5-8/h1-7H,12H2,(H,13,17)(H,14,16). The van der Waals surface area contributed by atoms with E-state index in [0.717, 1.165) is 0 Å². The van der Waals surface area contributed by atoms with Crippen LogP contribution in [0.4, 0.5) is 11.5 Å². The van der Waals surface area contributed by atoms with E-state index >= 15 is 0 Å². The lowest BCUT2D eigenvalue weighted by molar-refractivity contribution is 0.102. The second-order valence-electron chi connectivity index (χ2n) is 3.27. The summed E-state index contributed by atoms with van der Waals surface area (Å²) in [4.78, 5) is 11.7. The highest BCUT2D eigenvalue weighted by Gasteiger charge is 2.07. The molecular formula is C11H11N5O. The van der Waals surface area contributed by atoms with Crippen LogP contribution in [-0.2, 0) is 0 Å². The van der Waals surface area contributed by atoms with Crippen LogP contribution in [0.2, 0.25) is 0 Å². The summed E-state index contributed by atoms with van der Waals surface area (Å²) < 4.78 is 0. The number of carbonyl (C=O) groups excluding carboxylic acids is 1. The number of nitrogens with two attached hydrogens (primary N) is 1. The molecule has 0 radical (unpaired) electrons. The van der Waals surface area contributed by atoms with Crippen molar-refractivity contribution in [2.45, 2.75) is 0 Å². The van der Waals surface area contributed by atoms with Crippen LogP contribution in [0.1, 0.15) is 10.5 Å². The first-order valence-corrected chi connectivity index (χ1v) is 4.96. The molecule has 1 aromatic carbocycles. The average molecular weight is 229 g/mol. The Morgan fingerprint density at radius 2 is 1.82 bits per heavy atom. The lowest BCUT2D eigenvalue weighted by atomic mass is 10.3. The zero-order valence-corrected chi connectivity index (χ0v) is 8.92. The van der Waals surface area contributed by atoms with E-state index in [1.54, 1.807) is 24.3 Å². The van der Waals surface area contributed by atoms with Gasteiger partial charge in [-0.15, -0.1) is 10.2 Å². The third kappa shape index (κ3) is 2.76. The monoisotopic (exact) mass is 229 g/mol. The van der Waals surface area contributed by atoms with Crippen LogP contribution in [0, 0.1) is 0 Å². The predicted octanol–water partition coefficient (Wildman–Crippen LogP) is 1.01. The number of nitrogens with one attached hydrogen (secondary N) is 2. The molecule has 1 amide bonds. The van der Waals surface area contributed by atoms with Crippen molar-refractivity contribution in [3.05, 3.63) is 48.2 Å². The fraction of sp³-hybridized carbons (Fsp3) is 0. The number of hydrazine groups is 1. The SMILES string of the molecule is NNc1ccc(C(=O)Nc2ccccc2)nn1. The summed E-state index contributed by atoms with van der Waals surface area (Å²) >= 11 is 0. The number of rotatable bonds is 3. The maximum Gasteiger partial charge on any atom is 0.276 e. The molecule has 4 N–H and O–H groups in total. The number of nitrogens with zero attached hydrogens (tertiary/aromatic N) is 2. The van der Waals surface area contributed by atoms with Gasteiger partial charge in [-0.25, -0.2) is 5.84 Å². The lowest BCUT2D eigenvalue weighted by Crippen LogP contribution is -2.15. The van der Waals surface area contributed by atoms with Crippen LogP contribution in [0.25, 0.3) is 0 Å². The van der Waals surface area contributed by atoms with E-state index in [1.807, 2.05) is 18.2 Å². The maximum atomic E-state index is 11.7. The summed E-state index contributed by atoms with van der Waals surface area (Å²) in [5.41, 5.74) is 3.28. The van der Waals surface area contributed by atoms with Gasteiger partial charge < -0.3 is 10.7 Å². The first-order chi connectivity index (χ1) is 8.29. The number of para-hydroxylation sites is 1. The van der Waals surface area contributed by atoms with Gasteiger partial charge in [0.05, 0.1) is 0 Å². The van der Waals surface area contributed by atoms with E-state index in [2.05, 4.69) is 20.9 Å². The Morgan fingerprint density at radius 3 is 2.41 bits per heavy atom. The van der Waals surface area contributed by atoms with Gasteiger partial charge >= 0.3 is 0 Å².